The third-order valence-electron chi connectivity index (χ3n) is 3.14. The molecule has 3 aromatic rings. The molecule has 0 spiro atoms. The maximum absolute atomic E-state index is 11.2. The molecule has 1 aromatic carbocycles. The van der Waals surface area contributed by atoms with E-state index in [1.807, 2.05) is 30.3 Å². The summed E-state index contributed by atoms with van der Waals surface area (Å²) < 4.78 is 1.62. The van der Waals surface area contributed by atoms with E-state index in [-0.39, 0.29) is 5.69 Å². The molecule has 2 heterocycles. The summed E-state index contributed by atoms with van der Waals surface area (Å²) in [5.41, 5.74) is 2.00. The molecule has 1 N–H and O–H groups in total. The molecule has 0 fully saturated rings. The molecule has 0 aliphatic rings. The van der Waals surface area contributed by atoms with Crippen molar-refractivity contribution >= 4 is 28.5 Å². The van der Waals surface area contributed by atoms with Gasteiger partial charge < -0.3 is 9.67 Å². The van der Waals surface area contributed by atoms with E-state index in [1.54, 1.807) is 17.0 Å². The minimum Gasteiger partial charge on any atom is -0.477 e. The van der Waals surface area contributed by atoms with Crippen LogP contribution < -0.4 is 0 Å². The van der Waals surface area contributed by atoms with Crippen LogP contribution in [0.2, 0.25) is 5.02 Å². The summed E-state index contributed by atoms with van der Waals surface area (Å²) in [4.78, 5) is 15.6. The van der Waals surface area contributed by atoms with Crippen LogP contribution >= 0.6 is 11.6 Å². The summed E-state index contributed by atoms with van der Waals surface area (Å²) in [5.74, 6) is -0.995. The monoisotopic (exact) mass is 286 g/mol. The van der Waals surface area contributed by atoms with E-state index >= 15 is 0 Å². The first-order valence-electron chi connectivity index (χ1n) is 6.07. The average molecular weight is 287 g/mol. The van der Waals surface area contributed by atoms with Crippen LogP contribution in [0.3, 0.4) is 0 Å². The summed E-state index contributed by atoms with van der Waals surface area (Å²) in [7, 11) is 0. The lowest BCUT2D eigenvalue weighted by Crippen LogP contribution is -2.08. The van der Waals surface area contributed by atoms with E-state index in [0.29, 0.717) is 11.6 Å². The Hall–Kier alpha value is -2.33. The number of hydrogen-bond donors (Lipinski definition) is 1. The van der Waals surface area contributed by atoms with Gasteiger partial charge in [0.25, 0.3) is 0 Å². The number of benzene rings is 1. The third-order valence-corrected chi connectivity index (χ3v) is 3.35. The van der Waals surface area contributed by atoms with Gasteiger partial charge in [-0.05, 0) is 17.7 Å². The molecule has 0 unspecified atom stereocenters. The molecule has 4 nitrogen and oxygen atoms in total. The fourth-order valence-corrected chi connectivity index (χ4v) is 2.48. The first kappa shape index (κ1) is 12.7. The van der Waals surface area contributed by atoms with Gasteiger partial charge in [-0.25, -0.2) is 4.79 Å². The lowest BCUT2D eigenvalue weighted by molar-refractivity contribution is 0.0685. The number of hydrogen-bond acceptors (Lipinski definition) is 2. The highest BCUT2D eigenvalue weighted by Crippen LogP contribution is 2.20. The van der Waals surface area contributed by atoms with E-state index in [2.05, 4.69) is 4.98 Å². The molecule has 0 amide bonds. The fourth-order valence-electron chi connectivity index (χ4n) is 2.26. The molecular weight excluding hydrogens is 276 g/mol. The molecule has 0 saturated heterocycles. The Balaban J connectivity index is 2.08. The number of rotatable bonds is 3. The summed E-state index contributed by atoms with van der Waals surface area (Å²) in [6.45, 7) is 0.419. The highest BCUT2D eigenvalue weighted by molar-refractivity contribution is 6.30. The third kappa shape index (κ3) is 2.26. The van der Waals surface area contributed by atoms with Gasteiger partial charge in [-0.2, -0.15) is 0 Å². The summed E-state index contributed by atoms with van der Waals surface area (Å²) in [6.07, 6.45) is 3.35. The normalized spacial score (nSPS) is 10.8. The molecule has 0 aliphatic carbocycles. The van der Waals surface area contributed by atoms with Crippen molar-refractivity contribution in [3.8, 4) is 0 Å². The van der Waals surface area contributed by atoms with Crippen molar-refractivity contribution in [2.24, 2.45) is 0 Å². The van der Waals surface area contributed by atoms with E-state index in [1.165, 1.54) is 6.07 Å². The van der Waals surface area contributed by atoms with Crippen LogP contribution in [0.15, 0.2) is 48.8 Å². The zero-order valence-electron chi connectivity index (χ0n) is 10.5. The molecule has 0 aliphatic heterocycles. The topological polar surface area (TPSA) is 55.1 Å². The van der Waals surface area contributed by atoms with Crippen LogP contribution in [0.5, 0.6) is 0 Å². The maximum Gasteiger partial charge on any atom is 0.352 e. The van der Waals surface area contributed by atoms with Gasteiger partial charge in [-0.1, -0.05) is 35.9 Å². The molecule has 0 radical (unpaired) electrons. The molecule has 0 atom stereocenters. The highest BCUT2D eigenvalue weighted by Gasteiger charge is 2.13. The van der Waals surface area contributed by atoms with Gasteiger partial charge in [0.15, 0.2) is 0 Å². The van der Waals surface area contributed by atoms with Gasteiger partial charge in [0.2, 0.25) is 0 Å². The standard InChI is InChI=1S/C15H11ClN2O2/c16-12-7-13(15(19)20)18(9-12)8-11-4-1-3-10-5-2-6-17-14(10)11/h1-7,9H,8H2,(H,19,20). The molecule has 0 saturated carbocycles. The molecule has 20 heavy (non-hydrogen) atoms. The van der Waals surface area contributed by atoms with Crippen LogP contribution in [-0.2, 0) is 6.54 Å². The van der Waals surface area contributed by atoms with E-state index in [9.17, 15) is 9.90 Å². The van der Waals surface area contributed by atoms with Crippen molar-refractivity contribution in [2.75, 3.05) is 0 Å². The number of carbonyl (C=O) groups is 1. The Morgan fingerprint density at radius 1 is 1.30 bits per heavy atom. The number of para-hydroxylation sites is 1. The Kier molecular flexibility index (Phi) is 3.16. The van der Waals surface area contributed by atoms with Gasteiger partial charge >= 0.3 is 5.97 Å². The molecule has 0 bridgehead atoms. The lowest BCUT2D eigenvalue weighted by atomic mass is 10.1. The predicted molar refractivity (Wildman–Crippen MR) is 77.2 cm³/mol. The quantitative estimate of drug-likeness (QED) is 0.802. The number of aromatic carboxylic acids is 1. The Morgan fingerprint density at radius 3 is 2.90 bits per heavy atom. The largest absolute Gasteiger partial charge is 0.477 e. The molecule has 100 valence electrons. The Bertz CT molecular complexity index is 790. The summed E-state index contributed by atoms with van der Waals surface area (Å²) in [6, 6.07) is 11.2. The summed E-state index contributed by atoms with van der Waals surface area (Å²) >= 11 is 5.89. The number of carboxylic acid groups (broad SMARTS) is 1. The maximum atomic E-state index is 11.2. The van der Waals surface area contributed by atoms with Gasteiger partial charge in [0, 0.05) is 17.8 Å². The van der Waals surface area contributed by atoms with Gasteiger partial charge in [0.1, 0.15) is 5.69 Å². The van der Waals surface area contributed by atoms with Crippen LogP contribution in [-0.4, -0.2) is 20.6 Å². The van der Waals surface area contributed by atoms with Gasteiger partial charge in [-0.15, -0.1) is 0 Å². The fraction of sp³-hybridized carbons (Fsp3) is 0.0667. The minimum atomic E-state index is -0.995. The Labute approximate surface area is 120 Å². The van der Waals surface area contributed by atoms with Crippen LogP contribution in [0, 0.1) is 0 Å². The van der Waals surface area contributed by atoms with E-state index in [4.69, 9.17) is 11.6 Å². The second-order valence-electron chi connectivity index (χ2n) is 4.47. The van der Waals surface area contributed by atoms with Crippen molar-refractivity contribution < 1.29 is 9.90 Å². The van der Waals surface area contributed by atoms with Gasteiger partial charge in [0.05, 0.1) is 17.1 Å². The van der Waals surface area contributed by atoms with Crippen molar-refractivity contribution in [1.29, 1.82) is 0 Å². The Morgan fingerprint density at radius 2 is 2.10 bits per heavy atom. The second-order valence-corrected chi connectivity index (χ2v) is 4.91. The number of nitrogens with zero attached hydrogens (tertiary/aromatic N) is 2. The van der Waals surface area contributed by atoms with Crippen LogP contribution in [0.1, 0.15) is 16.1 Å². The van der Waals surface area contributed by atoms with Gasteiger partial charge in [-0.3, -0.25) is 4.98 Å². The first-order valence-corrected chi connectivity index (χ1v) is 6.44. The lowest BCUT2D eigenvalue weighted by Gasteiger charge is -2.08. The molecule has 2 aromatic heterocycles. The number of aromatic nitrogens is 2. The smallest absolute Gasteiger partial charge is 0.352 e. The predicted octanol–water partition coefficient (Wildman–Crippen LogP) is 3.44. The zero-order valence-corrected chi connectivity index (χ0v) is 11.2. The van der Waals surface area contributed by atoms with Crippen molar-refractivity contribution in [3.63, 3.8) is 0 Å². The zero-order chi connectivity index (χ0) is 14.1. The van der Waals surface area contributed by atoms with Crippen molar-refractivity contribution in [1.82, 2.24) is 9.55 Å². The van der Waals surface area contributed by atoms with Crippen LogP contribution in [0.4, 0.5) is 0 Å². The van der Waals surface area contributed by atoms with Crippen LogP contribution in [0.25, 0.3) is 10.9 Å². The second kappa shape index (κ2) is 4.98. The van der Waals surface area contributed by atoms with E-state index < -0.39 is 5.97 Å². The number of carboxylic acids is 1. The number of fused-ring (bicyclic) bond motifs is 1. The molecular formula is C15H11ClN2O2. The minimum absolute atomic E-state index is 0.169. The first-order chi connectivity index (χ1) is 9.65. The SMILES string of the molecule is O=C(O)c1cc(Cl)cn1Cc1cccc2cccnc12. The average Bonchev–Trinajstić information content (AvgIpc) is 2.80. The summed E-state index contributed by atoms with van der Waals surface area (Å²) in [5, 5.41) is 10.6. The number of pyridine rings is 1. The highest BCUT2D eigenvalue weighted by atomic mass is 35.5. The van der Waals surface area contributed by atoms with Crippen molar-refractivity contribution in [2.45, 2.75) is 6.54 Å². The molecule has 3 rings (SSSR count). The number of halogens is 1. The van der Waals surface area contributed by atoms with E-state index in [0.717, 1.165) is 16.5 Å². The van der Waals surface area contributed by atoms with Crippen molar-refractivity contribution in [3.05, 3.63) is 65.1 Å². The molecule has 5 heteroatoms.